The van der Waals surface area contributed by atoms with Crippen molar-refractivity contribution in [3.05, 3.63) is 79.3 Å². The fourth-order valence-corrected chi connectivity index (χ4v) is 3.88. The van der Waals surface area contributed by atoms with Crippen molar-refractivity contribution in [3.63, 3.8) is 0 Å². The number of nitrogens with one attached hydrogen (secondary N) is 1. The van der Waals surface area contributed by atoms with Crippen LogP contribution in [0.4, 0.5) is 5.69 Å². The van der Waals surface area contributed by atoms with Gasteiger partial charge in [-0.25, -0.2) is 4.98 Å². The standard InChI is InChI=1S/C19H17IN2OS/c1-13-9-15(20)7-8-17(13)22-18(23)11-16-12-24-19(21-16)10-14-5-3-2-4-6-14/h2-9,12H,10-11H2,1H3,(H,22,23). The highest BCUT2D eigenvalue weighted by molar-refractivity contribution is 14.1. The summed E-state index contributed by atoms with van der Waals surface area (Å²) in [4.78, 5) is 16.8. The number of amides is 1. The second kappa shape index (κ2) is 7.90. The third kappa shape index (κ3) is 4.64. The van der Waals surface area contributed by atoms with Crippen molar-refractivity contribution >= 4 is 45.5 Å². The molecule has 1 N–H and O–H groups in total. The zero-order chi connectivity index (χ0) is 16.9. The molecule has 1 heterocycles. The van der Waals surface area contributed by atoms with Crippen molar-refractivity contribution in [2.75, 3.05) is 5.32 Å². The number of nitrogens with zero attached hydrogens (tertiary/aromatic N) is 1. The number of halogens is 1. The van der Waals surface area contributed by atoms with Crippen LogP contribution in [0.2, 0.25) is 0 Å². The van der Waals surface area contributed by atoms with E-state index in [9.17, 15) is 4.79 Å². The molecule has 0 saturated carbocycles. The zero-order valence-corrected chi connectivity index (χ0v) is 16.2. The van der Waals surface area contributed by atoms with E-state index in [1.165, 1.54) is 5.56 Å². The van der Waals surface area contributed by atoms with Crippen LogP contribution in [0.25, 0.3) is 0 Å². The highest BCUT2D eigenvalue weighted by Gasteiger charge is 2.10. The van der Waals surface area contributed by atoms with Gasteiger partial charge < -0.3 is 5.32 Å². The van der Waals surface area contributed by atoms with Gasteiger partial charge in [-0.15, -0.1) is 11.3 Å². The SMILES string of the molecule is Cc1cc(I)ccc1NC(=O)Cc1csc(Cc2ccccc2)n1. The maximum absolute atomic E-state index is 12.2. The third-order valence-corrected chi connectivity index (χ3v) is 5.17. The van der Waals surface area contributed by atoms with Gasteiger partial charge in [0.1, 0.15) is 0 Å². The minimum absolute atomic E-state index is 0.0316. The summed E-state index contributed by atoms with van der Waals surface area (Å²) in [5.74, 6) is -0.0316. The van der Waals surface area contributed by atoms with Gasteiger partial charge in [-0.3, -0.25) is 4.79 Å². The van der Waals surface area contributed by atoms with E-state index >= 15 is 0 Å². The lowest BCUT2D eigenvalue weighted by Gasteiger charge is -2.08. The Morgan fingerprint density at radius 3 is 2.75 bits per heavy atom. The average Bonchev–Trinajstić information content (AvgIpc) is 2.98. The van der Waals surface area contributed by atoms with Gasteiger partial charge in [-0.05, 0) is 58.8 Å². The second-order valence-corrected chi connectivity index (χ2v) is 7.77. The van der Waals surface area contributed by atoms with Crippen LogP contribution in [0.1, 0.15) is 21.8 Å². The Bertz CT molecular complexity index is 846. The van der Waals surface area contributed by atoms with Gasteiger partial charge in [0.25, 0.3) is 0 Å². The molecular formula is C19H17IN2OS. The molecule has 0 radical (unpaired) electrons. The van der Waals surface area contributed by atoms with Crippen LogP contribution in [0, 0.1) is 10.5 Å². The Balaban J connectivity index is 1.61. The highest BCUT2D eigenvalue weighted by atomic mass is 127. The Morgan fingerprint density at radius 2 is 2.00 bits per heavy atom. The largest absolute Gasteiger partial charge is 0.326 e. The summed E-state index contributed by atoms with van der Waals surface area (Å²) < 4.78 is 1.16. The van der Waals surface area contributed by atoms with Gasteiger partial charge in [-0.1, -0.05) is 30.3 Å². The predicted molar refractivity (Wildman–Crippen MR) is 108 cm³/mol. The third-order valence-electron chi connectivity index (χ3n) is 3.60. The number of rotatable bonds is 5. The minimum atomic E-state index is -0.0316. The van der Waals surface area contributed by atoms with Crippen LogP contribution < -0.4 is 5.32 Å². The summed E-state index contributed by atoms with van der Waals surface area (Å²) in [6.07, 6.45) is 1.11. The molecule has 24 heavy (non-hydrogen) atoms. The lowest BCUT2D eigenvalue weighted by molar-refractivity contribution is -0.115. The van der Waals surface area contributed by atoms with E-state index in [1.54, 1.807) is 11.3 Å². The lowest BCUT2D eigenvalue weighted by Crippen LogP contribution is -2.15. The van der Waals surface area contributed by atoms with Crippen LogP contribution in [-0.4, -0.2) is 10.9 Å². The predicted octanol–water partition coefficient (Wildman–Crippen LogP) is 4.83. The van der Waals surface area contributed by atoms with Crippen molar-refractivity contribution in [2.45, 2.75) is 19.8 Å². The maximum Gasteiger partial charge on any atom is 0.230 e. The van der Waals surface area contributed by atoms with Crippen LogP contribution in [0.5, 0.6) is 0 Å². The normalized spacial score (nSPS) is 10.6. The van der Waals surface area contributed by atoms with Gasteiger partial charge in [0.05, 0.1) is 17.1 Å². The molecule has 0 aliphatic carbocycles. The number of aromatic nitrogens is 1. The van der Waals surface area contributed by atoms with E-state index in [0.29, 0.717) is 6.42 Å². The van der Waals surface area contributed by atoms with Gasteiger partial charge in [0, 0.05) is 21.1 Å². The first-order valence-electron chi connectivity index (χ1n) is 7.63. The van der Waals surface area contributed by atoms with Crippen LogP contribution in [0.15, 0.2) is 53.9 Å². The molecule has 0 aliphatic heterocycles. The van der Waals surface area contributed by atoms with Crippen LogP contribution in [-0.2, 0) is 17.6 Å². The Kier molecular flexibility index (Phi) is 5.63. The number of hydrogen-bond donors (Lipinski definition) is 1. The summed E-state index contributed by atoms with van der Waals surface area (Å²) in [6, 6.07) is 16.2. The Hall–Kier alpha value is -1.73. The number of aryl methyl sites for hydroxylation is 1. The number of benzene rings is 2. The molecular weight excluding hydrogens is 431 g/mol. The fourth-order valence-electron chi connectivity index (χ4n) is 2.41. The molecule has 0 fully saturated rings. The summed E-state index contributed by atoms with van der Waals surface area (Å²) >= 11 is 3.87. The molecule has 5 heteroatoms. The summed E-state index contributed by atoms with van der Waals surface area (Å²) in [5.41, 5.74) is 3.99. The first kappa shape index (κ1) is 17.1. The van der Waals surface area contributed by atoms with E-state index in [0.717, 1.165) is 31.9 Å². The molecule has 1 aromatic heterocycles. The molecule has 2 aromatic carbocycles. The molecule has 3 rings (SSSR count). The molecule has 3 nitrogen and oxygen atoms in total. The number of thiazole rings is 1. The molecule has 0 saturated heterocycles. The van der Waals surface area contributed by atoms with Crippen molar-refractivity contribution in [1.29, 1.82) is 0 Å². The van der Waals surface area contributed by atoms with Gasteiger partial charge in [0.15, 0.2) is 0 Å². The quantitative estimate of drug-likeness (QED) is 0.569. The van der Waals surface area contributed by atoms with Gasteiger partial charge >= 0.3 is 0 Å². The van der Waals surface area contributed by atoms with Gasteiger partial charge in [-0.2, -0.15) is 0 Å². The van der Waals surface area contributed by atoms with Crippen molar-refractivity contribution in [3.8, 4) is 0 Å². The smallest absolute Gasteiger partial charge is 0.230 e. The number of carbonyl (C=O) groups is 1. The van der Waals surface area contributed by atoms with E-state index in [2.05, 4.69) is 51.1 Å². The molecule has 0 spiro atoms. The van der Waals surface area contributed by atoms with Crippen molar-refractivity contribution in [2.24, 2.45) is 0 Å². The molecule has 1 amide bonds. The maximum atomic E-state index is 12.2. The minimum Gasteiger partial charge on any atom is -0.326 e. The van der Waals surface area contributed by atoms with E-state index < -0.39 is 0 Å². The molecule has 3 aromatic rings. The molecule has 0 unspecified atom stereocenters. The molecule has 0 atom stereocenters. The summed E-state index contributed by atoms with van der Waals surface area (Å²) in [6.45, 7) is 2.00. The first-order valence-corrected chi connectivity index (χ1v) is 9.59. The van der Waals surface area contributed by atoms with Crippen LogP contribution >= 0.6 is 33.9 Å². The number of carbonyl (C=O) groups excluding carboxylic acids is 1. The second-order valence-electron chi connectivity index (χ2n) is 5.58. The molecule has 0 aliphatic rings. The van der Waals surface area contributed by atoms with Crippen molar-refractivity contribution < 1.29 is 4.79 Å². The van der Waals surface area contributed by atoms with E-state index in [4.69, 9.17) is 0 Å². The fraction of sp³-hybridized carbons (Fsp3) is 0.158. The summed E-state index contributed by atoms with van der Waals surface area (Å²) in [5, 5.41) is 5.97. The van der Waals surface area contributed by atoms with Gasteiger partial charge in [0.2, 0.25) is 5.91 Å². The summed E-state index contributed by atoms with van der Waals surface area (Å²) in [7, 11) is 0. The average molecular weight is 448 g/mol. The zero-order valence-electron chi connectivity index (χ0n) is 13.3. The molecule has 0 bridgehead atoms. The topological polar surface area (TPSA) is 42.0 Å². The number of anilines is 1. The molecule has 122 valence electrons. The monoisotopic (exact) mass is 448 g/mol. The van der Waals surface area contributed by atoms with E-state index in [1.807, 2.05) is 42.6 Å². The highest BCUT2D eigenvalue weighted by Crippen LogP contribution is 2.19. The van der Waals surface area contributed by atoms with Crippen molar-refractivity contribution in [1.82, 2.24) is 4.98 Å². The Labute approximate surface area is 159 Å². The van der Waals surface area contributed by atoms with Crippen LogP contribution in [0.3, 0.4) is 0 Å². The first-order chi connectivity index (χ1) is 11.6. The number of hydrogen-bond acceptors (Lipinski definition) is 3. The van der Waals surface area contributed by atoms with E-state index in [-0.39, 0.29) is 5.91 Å². The Morgan fingerprint density at radius 1 is 1.21 bits per heavy atom. The lowest BCUT2D eigenvalue weighted by atomic mass is 10.2.